The summed E-state index contributed by atoms with van der Waals surface area (Å²) in [4.78, 5) is 4.24. The molecule has 0 heterocycles. The van der Waals surface area contributed by atoms with Crippen LogP contribution in [0.1, 0.15) is 11.1 Å². The number of methoxy groups -OCH3 is 1. The molecule has 0 radical (unpaired) electrons. The first-order valence-corrected chi connectivity index (χ1v) is 10.2. The Morgan fingerprint density at radius 1 is 1.07 bits per heavy atom. The van der Waals surface area contributed by atoms with Crippen LogP contribution < -0.4 is 15.4 Å². The van der Waals surface area contributed by atoms with Crippen LogP contribution in [-0.2, 0) is 27.8 Å². The first-order chi connectivity index (χ1) is 13.4. The van der Waals surface area contributed by atoms with Crippen molar-refractivity contribution in [2.24, 2.45) is 4.99 Å². The lowest BCUT2D eigenvalue weighted by Crippen LogP contribution is -2.38. The molecule has 0 saturated carbocycles. The summed E-state index contributed by atoms with van der Waals surface area (Å²) in [5.41, 5.74) is 1.33. The Morgan fingerprint density at radius 2 is 1.76 bits per heavy atom. The number of ether oxygens (including phenoxy) is 1. The van der Waals surface area contributed by atoms with E-state index in [2.05, 4.69) is 20.3 Å². The van der Waals surface area contributed by atoms with Crippen molar-refractivity contribution in [2.45, 2.75) is 18.0 Å². The summed E-state index contributed by atoms with van der Waals surface area (Å²) in [5.74, 6) is 0.187. The molecule has 0 aliphatic heterocycles. The monoisotopic (exact) mass is 536 g/mol. The Kier molecular flexibility index (Phi) is 11.1. The lowest BCUT2D eigenvalue weighted by atomic mass is 10.2. The van der Waals surface area contributed by atoms with Gasteiger partial charge in [-0.1, -0.05) is 24.3 Å². The Bertz CT molecular complexity index is 910. The van der Waals surface area contributed by atoms with Crippen molar-refractivity contribution in [3.8, 4) is 0 Å². The summed E-state index contributed by atoms with van der Waals surface area (Å²) in [6.45, 7) is 1.57. The van der Waals surface area contributed by atoms with Crippen LogP contribution in [0, 0.1) is 5.82 Å². The highest BCUT2D eigenvalue weighted by Gasteiger charge is 2.14. The number of hydrogen-bond acceptors (Lipinski definition) is 4. The summed E-state index contributed by atoms with van der Waals surface area (Å²) in [5, 5.41) is 6.19. The van der Waals surface area contributed by atoms with Gasteiger partial charge in [-0.15, -0.1) is 24.0 Å². The van der Waals surface area contributed by atoms with E-state index >= 15 is 0 Å². The maximum atomic E-state index is 13.2. The van der Waals surface area contributed by atoms with E-state index in [4.69, 9.17) is 4.74 Å². The molecule has 0 aliphatic carbocycles. The van der Waals surface area contributed by atoms with Crippen molar-refractivity contribution in [2.75, 3.05) is 27.3 Å². The average molecular weight is 536 g/mol. The smallest absolute Gasteiger partial charge is 0.240 e. The van der Waals surface area contributed by atoms with Crippen LogP contribution in [0.25, 0.3) is 0 Å². The van der Waals surface area contributed by atoms with Gasteiger partial charge in [0.05, 0.1) is 11.5 Å². The van der Waals surface area contributed by atoms with Gasteiger partial charge in [-0.2, -0.15) is 0 Å². The molecule has 29 heavy (non-hydrogen) atoms. The maximum absolute atomic E-state index is 13.2. The molecule has 0 saturated heterocycles. The SMILES string of the molecule is CN=C(NCCOC)NCc1cccc(S(=O)(=O)NCc2cccc(F)c2)c1.I. The van der Waals surface area contributed by atoms with E-state index in [0.29, 0.717) is 31.2 Å². The molecule has 0 atom stereocenters. The molecule has 160 valence electrons. The van der Waals surface area contributed by atoms with E-state index < -0.39 is 15.8 Å². The lowest BCUT2D eigenvalue weighted by Gasteiger charge is -2.12. The van der Waals surface area contributed by atoms with Gasteiger partial charge in [0.15, 0.2) is 5.96 Å². The number of guanidine groups is 1. The zero-order chi connectivity index (χ0) is 20.4. The Labute approximate surface area is 188 Å². The number of sulfonamides is 1. The minimum atomic E-state index is -3.72. The Morgan fingerprint density at radius 3 is 2.41 bits per heavy atom. The third-order valence-corrected chi connectivity index (χ3v) is 5.25. The number of rotatable bonds is 9. The van der Waals surface area contributed by atoms with Crippen molar-refractivity contribution in [1.82, 2.24) is 15.4 Å². The third-order valence-electron chi connectivity index (χ3n) is 3.85. The molecule has 0 amide bonds. The zero-order valence-corrected chi connectivity index (χ0v) is 19.5. The van der Waals surface area contributed by atoms with Gasteiger partial charge in [-0.05, 0) is 35.4 Å². The lowest BCUT2D eigenvalue weighted by molar-refractivity contribution is 0.203. The molecular formula is C19H26FIN4O3S. The van der Waals surface area contributed by atoms with Crippen LogP contribution in [0.3, 0.4) is 0 Å². The van der Waals surface area contributed by atoms with Crippen molar-refractivity contribution < 1.29 is 17.5 Å². The van der Waals surface area contributed by atoms with Gasteiger partial charge in [0.25, 0.3) is 0 Å². The second kappa shape index (κ2) is 12.7. The van der Waals surface area contributed by atoms with Crippen LogP contribution >= 0.6 is 24.0 Å². The van der Waals surface area contributed by atoms with Gasteiger partial charge in [0, 0.05) is 33.8 Å². The maximum Gasteiger partial charge on any atom is 0.240 e. The van der Waals surface area contributed by atoms with E-state index in [9.17, 15) is 12.8 Å². The fraction of sp³-hybridized carbons (Fsp3) is 0.316. The molecule has 0 fully saturated rings. The van der Waals surface area contributed by atoms with Crippen molar-refractivity contribution in [3.05, 3.63) is 65.5 Å². The van der Waals surface area contributed by atoms with Crippen molar-refractivity contribution >= 4 is 40.0 Å². The summed E-state index contributed by atoms with van der Waals surface area (Å²) < 4.78 is 45.8. The topological polar surface area (TPSA) is 91.8 Å². The van der Waals surface area contributed by atoms with E-state index in [0.717, 1.165) is 5.56 Å². The summed E-state index contributed by atoms with van der Waals surface area (Å²) in [6.07, 6.45) is 0. The molecule has 0 aromatic heterocycles. The first kappa shape index (κ1) is 25.3. The van der Waals surface area contributed by atoms with Crippen LogP contribution in [-0.4, -0.2) is 41.7 Å². The zero-order valence-electron chi connectivity index (χ0n) is 16.3. The normalized spacial score (nSPS) is 11.6. The minimum absolute atomic E-state index is 0. The summed E-state index contributed by atoms with van der Waals surface area (Å²) in [6, 6.07) is 12.4. The number of nitrogens with one attached hydrogen (secondary N) is 3. The predicted octanol–water partition coefficient (Wildman–Crippen LogP) is 2.23. The first-order valence-electron chi connectivity index (χ1n) is 8.71. The van der Waals surface area contributed by atoms with Crippen LogP contribution in [0.4, 0.5) is 4.39 Å². The van der Waals surface area contributed by atoms with E-state index in [-0.39, 0.29) is 35.4 Å². The van der Waals surface area contributed by atoms with Gasteiger partial charge in [0.2, 0.25) is 10.0 Å². The molecule has 3 N–H and O–H groups in total. The van der Waals surface area contributed by atoms with Crippen molar-refractivity contribution in [1.29, 1.82) is 0 Å². The third kappa shape index (κ3) is 8.64. The minimum Gasteiger partial charge on any atom is -0.383 e. The molecule has 0 spiro atoms. The molecule has 2 rings (SSSR count). The molecule has 7 nitrogen and oxygen atoms in total. The van der Waals surface area contributed by atoms with Gasteiger partial charge < -0.3 is 15.4 Å². The molecular weight excluding hydrogens is 510 g/mol. The fourth-order valence-electron chi connectivity index (χ4n) is 2.41. The fourth-order valence-corrected chi connectivity index (χ4v) is 3.50. The van der Waals surface area contributed by atoms with E-state index in [1.807, 2.05) is 6.07 Å². The quantitative estimate of drug-likeness (QED) is 0.198. The largest absolute Gasteiger partial charge is 0.383 e. The molecule has 2 aromatic carbocycles. The van der Waals surface area contributed by atoms with Gasteiger partial charge in [-0.3, -0.25) is 4.99 Å². The Balaban J connectivity index is 0.00000420. The Hall–Kier alpha value is -1.76. The number of benzene rings is 2. The summed E-state index contributed by atoms with van der Waals surface area (Å²) in [7, 11) is -0.449. The average Bonchev–Trinajstić information content (AvgIpc) is 2.69. The second-order valence-corrected chi connectivity index (χ2v) is 7.71. The molecule has 0 aliphatic rings. The molecule has 0 unspecified atom stereocenters. The predicted molar refractivity (Wildman–Crippen MR) is 122 cm³/mol. The van der Waals surface area contributed by atoms with E-state index in [1.165, 1.54) is 18.2 Å². The highest BCUT2D eigenvalue weighted by molar-refractivity contribution is 14.0. The number of halogens is 2. The standard InChI is InChI=1S/C19H25FN4O3S.HI/c1-21-19(22-9-10-27-2)23-13-16-6-4-8-18(12-16)28(25,26)24-14-15-5-3-7-17(20)11-15;/h3-8,11-12,24H,9-10,13-14H2,1-2H3,(H2,21,22,23);1H. The van der Waals surface area contributed by atoms with Gasteiger partial charge >= 0.3 is 0 Å². The van der Waals surface area contributed by atoms with Gasteiger partial charge in [-0.25, -0.2) is 17.5 Å². The molecule has 10 heteroatoms. The molecule has 0 bridgehead atoms. The van der Waals surface area contributed by atoms with Crippen LogP contribution in [0.15, 0.2) is 58.4 Å². The second-order valence-electron chi connectivity index (χ2n) is 5.95. The number of nitrogens with zero attached hydrogens (tertiary/aromatic N) is 1. The van der Waals surface area contributed by atoms with Crippen LogP contribution in [0.2, 0.25) is 0 Å². The van der Waals surface area contributed by atoms with Crippen molar-refractivity contribution in [3.63, 3.8) is 0 Å². The van der Waals surface area contributed by atoms with Crippen LogP contribution in [0.5, 0.6) is 0 Å². The van der Waals surface area contributed by atoms with Gasteiger partial charge in [0.1, 0.15) is 5.82 Å². The highest BCUT2D eigenvalue weighted by atomic mass is 127. The highest BCUT2D eigenvalue weighted by Crippen LogP contribution is 2.13. The number of hydrogen-bond donors (Lipinski definition) is 3. The van der Waals surface area contributed by atoms with E-state index in [1.54, 1.807) is 38.4 Å². The number of aliphatic imine (C=N–C) groups is 1. The molecule has 2 aromatic rings. The summed E-state index contributed by atoms with van der Waals surface area (Å²) >= 11 is 0.